The number of para-hydroxylation sites is 1. The number of likely N-dealkylation sites (N-methyl/N-ethyl adjacent to an activating group) is 1. The molecule has 0 radical (unpaired) electrons. The van der Waals surface area contributed by atoms with E-state index < -0.39 is 0 Å². The number of amides is 2. The lowest BCUT2D eigenvalue weighted by molar-refractivity contribution is -0.111. The normalized spacial score (nSPS) is 17.2. The summed E-state index contributed by atoms with van der Waals surface area (Å²) < 4.78 is 0. The molecule has 4 aromatic rings. The van der Waals surface area contributed by atoms with Crippen molar-refractivity contribution in [3.05, 3.63) is 83.7 Å². The summed E-state index contributed by atoms with van der Waals surface area (Å²) in [7, 11) is 3.87. The SMILES string of the molecule is CN(C)C/C=C\C(=O)Nc1ccc(C(=O)NC2CCCC(Nc3ncc(Cl)c(-c4c[nH]c5ccccc45)n3)C2)cc1. The van der Waals surface area contributed by atoms with Gasteiger partial charge < -0.3 is 25.8 Å². The van der Waals surface area contributed by atoms with Gasteiger partial charge in [0.05, 0.1) is 16.9 Å². The third-order valence-electron chi connectivity index (χ3n) is 7.09. The Balaban J connectivity index is 1.17. The van der Waals surface area contributed by atoms with Crippen molar-refractivity contribution in [2.75, 3.05) is 31.3 Å². The number of carbonyl (C=O) groups is 2. The van der Waals surface area contributed by atoms with Gasteiger partial charge in [0.25, 0.3) is 5.91 Å². The van der Waals surface area contributed by atoms with Crippen LogP contribution in [0, 0.1) is 0 Å². The second-order valence-electron chi connectivity index (χ2n) is 10.5. The number of nitrogens with one attached hydrogen (secondary N) is 4. The highest BCUT2D eigenvalue weighted by atomic mass is 35.5. The Morgan fingerprint density at radius 1 is 1.10 bits per heavy atom. The standard InChI is InChI=1S/C31H34ClN7O2/c1-39(2)16-6-11-28(40)35-21-14-12-20(13-15-21)30(41)36-22-7-5-8-23(17-22)37-31-34-19-26(32)29(38-31)25-18-33-27-10-4-3-9-24(25)27/h3-4,6,9-15,18-19,22-23,33H,5,7-8,16-17H2,1-2H3,(H,35,40)(H,36,41)(H,34,37,38)/b11-6-. The third-order valence-corrected chi connectivity index (χ3v) is 7.36. The molecule has 2 aromatic heterocycles. The molecule has 1 fully saturated rings. The zero-order chi connectivity index (χ0) is 28.8. The summed E-state index contributed by atoms with van der Waals surface area (Å²) in [6, 6.07) is 15.1. The lowest BCUT2D eigenvalue weighted by Gasteiger charge is -2.30. The van der Waals surface area contributed by atoms with E-state index in [-0.39, 0.29) is 23.9 Å². The van der Waals surface area contributed by atoms with E-state index in [0.29, 0.717) is 34.5 Å². The zero-order valence-electron chi connectivity index (χ0n) is 23.2. The molecule has 2 aromatic carbocycles. The summed E-state index contributed by atoms with van der Waals surface area (Å²) >= 11 is 6.50. The van der Waals surface area contributed by atoms with Gasteiger partial charge in [-0.3, -0.25) is 9.59 Å². The molecule has 41 heavy (non-hydrogen) atoms. The molecule has 1 aliphatic rings. The number of nitrogens with zero attached hydrogens (tertiary/aromatic N) is 3. The van der Waals surface area contributed by atoms with Crippen LogP contribution in [0.4, 0.5) is 11.6 Å². The van der Waals surface area contributed by atoms with Gasteiger partial charge in [-0.25, -0.2) is 9.97 Å². The van der Waals surface area contributed by atoms with Gasteiger partial charge in [-0.1, -0.05) is 35.9 Å². The first-order chi connectivity index (χ1) is 19.9. The molecule has 1 aliphatic carbocycles. The van der Waals surface area contributed by atoms with E-state index in [0.717, 1.165) is 42.1 Å². The maximum absolute atomic E-state index is 13.0. The molecule has 9 nitrogen and oxygen atoms in total. The van der Waals surface area contributed by atoms with Crippen LogP contribution < -0.4 is 16.0 Å². The minimum atomic E-state index is -0.206. The van der Waals surface area contributed by atoms with Crippen molar-refractivity contribution in [1.29, 1.82) is 0 Å². The van der Waals surface area contributed by atoms with Crippen molar-refractivity contribution in [2.45, 2.75) is 37.8 Å². The highest BCUT2D eigenvalue weighted by molar-refractivity contribution is 6.33. The minimum absolute atomic E-state index is 0.0235. The maximum atomic E-state index is 13.0. The average Bonchev–Trinajstić information content (AvgIpc) is 3.38. The molecule has 1 saturated carbocycles. The molecule has 0 aliphatic heterocycles. The van der Waals surface area contributed by atoms with Crippen molar-refractivity contribution >= 4 is 46.0 Å². The zero-order valence-corrected chi connectivity index (χ0v) is 23.9. The van der Waals surface area contributed by atoms with E-state index in [1.54, 1.807) is 36.5 Å². The van der Waals surface area contributed by atoms with Crippen LogP contribution in [-0.2, 0) is 4.79 Å². The molecule has 2 unspecified atom stereocenters. The molecule has 5 rings (SSSR count). The minimum Gasteiger partial charge on any atom is -0.360 e. The number of halogens is 1. The number of anilines is 2. The monoisotopic (exact) mass is 571 g/mol. The van der Waals surface area contributed by atoms with Crippen LogP contribution in [0.5, 0.6) is 0 Å². The van der Waals surface area contributed by atoms with Crippen LogP contribution >= 0.6 is 11.6 Å². The number of hydrogen-bond donors (Lipinski definition) is 4. The molecule has 2 atom stereocenters. The summed E-state index contributed by atoms with van der Waals surface area (Å²) in [5, 5.41) is 11.0. The fourth-order valence-electron chi connectivity index (χ4n) is 5.06. The highest BCUT2D eigenvalue weighted by Gasteiger charge is 2.25. The van der Waals surface area contributed by atoms with E-state index in [1.807, 2.05) is 49.5 Å². The fraction of sp³-hybridized carbons (Fsp3) is 0.290. The van der Waals surface area contributed by atoms with Crippen LogP contribution in [0.3, 0.4) is 0 Å². The quantitative estimate of drug-likeness (QED) is 0.198. The van der Waals surface area contributed by atoms with Crippen molar-refractivity contribution in [3.8, 4) is 11.3 Å². The van der Waals surface area contributed by atoms with Gasteiger partial charge >= 0.3 is 0 Å². The van der Waals surface area contributed by atoms with Gasteiger partial charge in [-0.2, -0.15) is 0 Å². The second-order valence-corrected chi connectivity index (χ2v) is 11.0. The summed E-state index contributed by atoms with van der Waals surface area (Å²) in [6.07, 6.45) is 10.4. The Morgan fingerprint density at radius 3 is 2.68 bits per heavy atom. The first-order valence-corrected chi connectivity index (χ1v) is 14.1. The number of aromatic nitrogens is 3. The van der Waals surface area contributed by atoms with Crippen molar-refractivity contribution < 1.29 is 9.59 Å². The van der Waals surface area contributed by atoms with Crippen LogP contribution in [-0.4, -0.2) is 64.4 Å². The molecular formula is C31H34ClN7O2. The summed E-state index contributed by atoms with van der Waals surface area (Å²) in [4.78, 5) is 39.4. The predicted octanol–water partition coefficient (Wildman–Crippen LogP) is 5.49. The van der Waals surface area contributed by atoms with E-state index in [2.05, 4.69) is 25.9 Å². The van der Waals surface area contributed by atoms with E-state index in [9.17, 15) is 9.59 Å². The van der Waals surface area contributed by atoms with E-state index in [4.69, 9.17) is 16.6 Å². The number of fused-ring (bicyclic) bond motifs is 1. The number of rotatable bonds is 9. The Hall–Kier alpha value is -4.21. The molecule has 10 heteroatoms. The Bertz CT molecular complexity index is 1550. The summed E-state index contributed by atoms with van der Waals surface area (Å²) in [5.41, 5.74) is 3.80. The van der Waals surface area contributed by atoms with Crippen LogP contribution in [0.25, 0.3) is 22.2 Å². The third kappa shape index (κ3) is 7.31. The van der Waals surface area contributed by atoms with Crippen molar-refractivity contribution in [1.82, 2.24) is 25.2 Å². The Labute approximate surface area is 244 Å². The van der Waals surface area contributed by atoms with Crippen molar-refractivity contribution in [3.63, 3.8) is 0 Å². The number of carbonyl (C=O) groups excluding carboxylic acids is 2. The van der Waals surface area contributed by atoms with Gasteiger partial charge in [0.2, 0.25) is 11.9 Å². The maximum Gasteiger partial charge on any atom is 0.251 e. The average molecular weight is 572 g/mol. The smallest absolute Gasteiger partial charge is 0.251 e. The molecular weight excluding hydrogens is 538 g/mol. The molecule has 0 bridgehead atoms. The fourth-order valence-corrected chi connectivity index (χ4v) is 5.25. The van der Waals surface area contributed by atoms with Crippen molar-refractivity contribution in [2.24, 2.45) is 0 Å². The first kappa shape index (κ1) is 28.3. The van der Waals surface area contributed by atoms with Gasteiger partial charge in [0.1, 0.15) is 0 Å². The molecule has 0 spiro atoms. The topological polar surface area (TPSA) is 115 Å². The molecule has 2 heterocycles. The van der Waals surface area contributed by atoms with Gasteiger partial charge in [0.15, 0.2) is 0 Å². The largest absolute Gasteiger partial charge is 0.360 e. The Kier molecular flexibility index (Phi) is 8.96. The summed E-state index contributed by atoms with van der Waals surface area (Å²) in [5.74, 6) is 0.174. The van der Waals surface area contributed by atoms with Crippen LogP contribution in [0.1, 0.15) is 36.0 Å². The number of benzene rings is 2. The van der Waals surface area contributed by atoms with E-state index in [1.165, 1.54) is 6.08 Å². The van der Waals surface area contributed by atoms with Crippen LogP contribution in [0.2, 0.25) is 5.02 Å². The Morgan fingerprint density at radius 2 is 1.88 bits per heavy atom. The first-order valence-electron chi connectivity index (χ1n) is 13.7. The second kappa shape index (κ2) is 13.0. The molecule has 212 valence electrons. The lowest BCUT2D eigenvalue weighted by atomic mass is 9.91. The van der Waals surface area contributed by atoms with E-state index >= 15 is 0 Å². The highest BCUT2D eigenvalue weighted by Crippen LogP contribution is 2.32. The van der Waals surface area contributed by atoms with Gasteiger partial charge in [-0.05, 0) is 70.1 Å². The van der Waals surface area contributed by atoms with Crippen LogP contribution in [0.15, 0.2) is 73.1 Å². The predicted molar refractivity (Wildman–Crippen MR) is 164 cm³/mol. The molecule has 4 N–H and O–H groups in total. The lowest BCUT2D eigenvalue weighted by Crippen LogP contribution is -2.42. The number of hydrogen-bond acceptors (Lipinski definition) is 6. The molecule has 2 amide bonds. The number of H-pyrrole nitrogens is 1. The number of aromatic amines is 1. The molecule has 0 saturated heterocycles. The van der Waals surface area contributed by atoms with Gasteiger partial charge in [0, 0.05) is 58.6 Å². The summed E-state index contributed by atoms with van der Waals surface area (Å²) in [6.45, 7) is 0.683. The van der Waals surface area contributed by atoms with Gasteiger partial charge in [-0.15, -0.1) is 0 Å².